The molecule has 2 aromatic rings. The SMILES string of the molecule is O=C1CN(C(=O)CCC(=O)Nc2ccc(N3CCOCC3)cc2C(F)(F)F)c2ccccc2N1. The number of benzene rings is 2. The number of nitrogens with one attached hydrogen (secondary N) is 2. The first-order valence-corrected chi connectivity index (χ1v) is 10.8. The maximum atomic E-state index is 13.7. The van der Waals surface area contributed by atoms with E-state index in [0.717, 1.165) is 6.07 Å². The fraction of sp³-hybridized carbons (Fsp3) is 0.348. The van der Waals surface area contributed by atoms with Crippen LogP contribution in [0.3, 0.4) is 0 Å². The molecule has 2 aromatic carbocycles. The van der Waals surface area contributed by atoms with Crippen molar-refractivity contribution in [1.29, 1.82) is 0 Å². The van der Waals surface area contributed by atoms with Crippen molar-refractivity contribution in [3.05, 3.63) is 48.0 Å². The Kier molecular flexibility index (Phi) is 6.73. The molecule has 2 aliphatic heterocycles. The van der Waals surface area contributed by atoms with Crippen LogP contribution in [0.4, 0.5) is 35.9 Å². The first kappa shape index (κ1) is 23.6. The molecule has 1 fully saturated rings. The van der Waals surface area contributed by atoms with E-state index in [-0.39, 0.29) is 31.0 Å². The van der Waals surface area contributed by atoms with Gasteiger partial charge in [0.15, 0.2) is 0 Å². The summed E-state index contributed by atoms with van der Waals surface area (Å²) in [6.45, 7) is 1.61. The molecule has 0 unspecified atom stereocenters. The molecule has 0 spiro atoms. The predicted molar refractivity (Wildman–Crippen MR) is 120 cm³/mol. The van der Waals surface area contributed by atoms with Gasteiger partial charge in [-0.2, -0.15) is 13.2 Å². The van der Waals surface area contributed by atoms with Crippen LogP contribution in [0.25, 0.3) is 0 Å². The molecule has 2 aliphatic rings. The fourth-order valence-electron chi connectivity index (χ4n) is 3.92. The minimum atomic E-state index is -4.67. The fourth-order valence-corrected chi connectivity index (χ4v) is 3.92. The third-order valence-electron chi connectivity index (χ3n) is 5.60. The Hall–Kier alpha value is -3.60. The molecule has 2 heterocycles. The summed E-state index contributed by atoms with van der Waals surface area (Å²) < 4.78 is 46.3. The molecule has 11 heteroatoms. The number of fused-ring (bicyclic) bond motifs is 1. The molecule has 4 rings (SSSR count). The van der Waals surface area contributed by atoms with Crippen molar-refractivity contribution in [2.24, 2.45) is 0 Å². The largest absolute Gasteiger partial charge is 0.418 e. The Morgan fingerprint density at radius 3 is 2.53 bits per heavy atom. The number of nitrogens with zero attached hydrogens (tertiary/aromatic N) is 2. The zero-order valence-electron chi connectivity index (χ0n) is 18.2. The second kappa shape index (κ2) is 9.72. The Labute approximate surface area is 193 Å². The Bertz CT molecular complexity index is 1100. The van der Waals surface area contributed by atoms with E-state index in [1.165, 1.54) is 17.0 Å². The molecule has 0 aromatic heterocycles. The van der Waals surface area contributed by atoms with Crippen LogP contribution >= 0.6 is 0 Å². The maximum Gasteiger partial charge on any atom is 0.418 e. The van der Waals surface area contributed by atoms with Crippen LogP contribution in [0.2, 0.25) is 0 Å². The first-order chi connectivity index (χ1) is 16.2. The van der Waals surface area contributed by atoms with Crippen LogP contribution in [-0.4, -0.2) is 50.6 Å². The third-order valence-corrected chi connectivity index (χ3v) is 5.60. The van der Waals surface area contributed by atoms with Crippen LogP contribution in [0.15, 0.2) is 42.5 Å². The minimum absolute atomic E-state index is 0.196. The van der Waals surface area contributed by atoms with Gasteiger partial charge in [0.1, 0.15) is 6.54 Å². The summed E-state index contributed by atoms with van der Waals surface area (Å²) in [4.78, 5) is 40.0. The van der Waals surface area contributed by atoms with E-state index in [1.54, 1.807) is 29.2 Å². The van der Waals surface area contributed by atoms with Gasteiger partial charge in [-0.15, -0.1) is 0 Å². The number of alkyl halides is 3. The highest BCUT2D eigenvalue weighted by Crippen LogP contribution is 2.37. The average molecular weight is 476 g/mol. The number of rotatable bonds is 5. The summed E-state index contributed by atoms with van der Waals surface area (Å²) in [6.07, 6.45) is -5.27. The summed E-state index contributed by atoms with van der Waals surface area (Å²) in [7, 11) is 0. The molecule has 1 saturated heterocycles. The van der Waals surface area contributed by atoms with Gasteiger partial charge >= 0.3 is 6.18 Å². The van der Waals surface area contributed by atoms with E-state index in [2.05, 4.69) is 10.6 Å². The van der Waals surface area contributed by atoms with Crippen molar-refractivity contribution in [3.8, 4) is 0 Å². The Morgan fingerprint density at radius 2 is 1.79 bits per heavy atom. The lowest BCUT2D eigenvalue weighted by Crippen LogP contribution is -2.42. The van der Waals surface area contributed by atoms with Crippen molar-refractivity contribution in [3.63, 3.8) is 0 Å². The standard InChI is InChI=1S/C23H23F3N4O4/c24-23(25,26)16-13-15(29-9-11-34-12-10-29)5-6-17(16)27-20(31)7-8-22(33)30-14-21(32)28-18-3-1-2-4-19(18)30/h1-6,13H,7-12,14H2,(H,27,31)(H,28,32). The lowest BCUT2D eigenvalue weighted by molar-refractivity contribution is -0.137. The molecule has 180 valence electrons. The van der Waals surface area contributed by atoms with E-state index < -0.39 is 23.6 Å². The zero-order chi connectivity index (χ0) is 24.3. The van der Waals surface area contributed by atoms with Crippen LogP contribution in [0.5, 0.6) is 0 Å². The smallest absolute Gasteiger partial charge is 0.378 e. The van der Waals surface area contributed by atoms with Crippen molar-refractivity contribution >= 4 is 40.5 Å². The number of para-hydroxylation sites is 2. The van der Waals surface area contributed by atoms with E-state index in [9.17, 15) is 27.6 Å². The van der Waals surface area contributed by atoms with Gasteiger partial charge in [-0.05, 0) is 30.3 Å². The highest BCUT2D eigenvalue weighted by atomic mass is 19.4. The number of morpholine rings is 1. The normalized spacial score (nSPS) is 16.0. The summed E-state index contributed by atoms with van der Waals surface area (Å²) in [6, 6.07) is 10.5. The van der Waals surface area contributed by atoms with Gasteiger partial charge < -0.3 is 25.2 Å². The molecule has 3 amide bonds. The summed E-state index contributed by atoms with van der Waals surface area (Å²) >= 11 is 0. The Morgan fingerprint density at radius 1 is 1.06 bits per heavy atom. The van der Waals surface area contributed by atoms with E-state index >= 15 is 0 Å². The number of halogens is 3. The lowest BCUT2D eigenvalue weighted by Gasteiger charge is -2.30. The van der Waals surface area contributed by atoms with Crippen molar-refractivity contribution in [1.82, 2.24) is 0 Å². The molecule has 0 saturated carbocycles. The molecule has 34 heavy (non-hydrogen) atoms. The molecule has 0 atom stereocenters. The number of anilines is 4. The molecule has 8 nitrogen and oxygen atoms in total. The lowest BCUT2D eigenvalue weighted by atomic mass is 10.1. The first-order valence-electron chi connectivity index (χ1n) is 10.8. The molecule has 2 N–H and O–H groups in total. The Balaban J connectivity index is 1.43. The minimum Gasteiger partial charge on any atom is -0.378 e. The van der Waals surface area contributed by atoms with Crippen molar-refractivity contribution in [2.45, 2.75) is 19.0 Å². The monoisotopic (exact) mass is 476 g/mol. The van der Waals surface area contributed by atoms with Gasteiger partial charge in [-0.25, -0.2) is 0 Å². The van der Waals surface area contributed by atoms with Gasteiger partial charge in [0, 0.05) is 31.6 Å². The summed E-state index contributed by atoms with van der Waals surface area (Å²) in [5.41, 5.74) is 0.0468. The quantitative estimate of drug-likeness (QED) is 0.692. The van der Waals surface area contributed by atoms with Crippen molar-refractivity contribution < 1.29 is 32.3 Å². The number of hydrogen-bond acceptors (Lipinski definition) is 5. The molecule has 0 aliphatic carbocycles. The molecular weight excluding hydrogens is 453 g/mol. The highest BCUT2D eigenvalue weighted by molar-refractivity contribution is 6.10. The van der Waals surface area contributed by atoms with Gasteiger partial charge in [0.25, 0.3) is 0 Å². The van der Waals surface area contributed by atoms with E-state index in [1.807, 2.05) is 0 Å². The number of amides is 3. The molecule has 0 bridgehead atoms. The maximum absolute atomic E-state index is 13.7. The second-order valence-corrected chi connectivity index (χ2v) is 7.92. The van der Waals surface area contributed by atoms with Crippen LogP contribution in [0, 0.1) is 0 Å². The topological polar surface area (TPSA) is 91.0 Å². The highest BCUT2D eigenvalue weighted by Gasteiger charge is 2.35. The van der Waals surface area contributed by atoms with Crippen molar-refractivity contribution in [2.75, 3.05) is 53.3 Å². The van der Waals surface area contributed by atoms with Gasteiger partial charge in [0.05, 0.1) is 35.8 Å². The summed E-state index contributed by atoms with van der Waals surface area (Å²) in [5, 5.41) is 4.94. The zero-order valence-corrected chi connectivity index (χ0v) is 18.2. The average Bonchev–Trinajstić information content (AvgIpc) is 2.82. The van der Waals surface area contributed by atoms with Crippen LogP contribution < -0.4 is 20.4 Å². The number of ether oxygens (including phenoxy) is 1. The van der Waals surface area contributed by atoms with Crippen LogP contribution in [-0.2, 0) is 25.3 Å². The van der Waals surface area contributed by atoms with Gasteiger partial charge in [-0.1, -0.05) is 12.1 Å². The second-order valence-electron chi connectivity index (χ2n) is 7.92. The molecule has 0 radical (unpaired) electrons. The van der Waals surface area contributed by atoms with Gasteiger partial charge in [-0.3, -0.25) is 14.4 Å². The number of hydrogen-bond donors (Lipinski definition) is 2. The summed E-state index contributed by atoms with van der Waals surface area (Å²) in [5.74, 6) is -1.57. The van der Waals surface area contributed by atoms with Gasteiger partial charge in [0.2, 0.25) is 17.7 Å². The number of carbonyl (C=O) groups is 3. The third kappa shape index (κ3) is 5.30. The molecular formula is C23H23F3N4O4. The predicted octanol–water partition coefficient (Wildman–Crippen LogP) is 3.25. The van der Waals surface area contributed by atoms with Crippen LogP contribution in [0.1, 0.15) is 18.4 Å². The van der Waals surface area contributed by atoms with E-state index in [4.69, 9.17) is 4.74 Å². The number of carbonyl (C=O) groups excluding carboxylic acids is 3. The van der Waals surface area contributed by atoms with E-state index in [0.29, 0.717) is 43.4 Å².